The lowest BCUT2D eigenvalue weighted by atomic mass is 10.1. The van der Waals surface area contributed by atoms with Crippen LogP contribution < -0.4 is 0 Å². The van der Waals surface area contributed by atoms with Crippen molar-refractivity contribution < 1.29 is 28.6 Å². The van der Waals surface area contributed by atoms with Crippen molar-refractivity contribution in [1.82, 2.24) is 0 Å². The molecule has 0 N–H and O–H groups in total. The van der Waals surface area contributed by atoms with E-state index in [0.717, 1.165) is 135 Å². The minimum Gasteiger partial charge on any atom is -0.462 e. The summed E-state index contributed by atoms with van der Waals surface area (Å²) in [7, 11) is 0. The van der Waals surface area contributed by atoms with Crippen LogP contribution in [-0.2, 0) is 28.6 Å². The van der Waals surface area contributed by atoms with Crippen LogP contribution in [0.15, 0.2) is 122 Å². The van der Waals surface area contributed by atoms with Crippen molar-refractivity contribution in [3.63, 3.8) is 0 Å². The average molecular weight is 843 g/mol. The molecule has 0 fully saturated rings. The summed E-state index contributed by atoms with van der Waals surface area (Å²) in [4.78, 5) is 37.9. The summed E-state index contributed by atoms with van der Waals surface area (Å²) in [6, 6.07) is 0. The number of hydrogen-bond donors (Lipinski definition) is 0. The summed E-state index contributed by atoms with van der Waals surface area (Å²) in [5, 5.41) is 0. The Balaban J connectivity index is 4.52. The number of rotatable bonds is 41. The first-order chi connectivity index (χ1) is 30.0. The molecule has 342 valence electrons. The molecule has 0 spiro atoms. The van der Waals surface area contributed by atoms with Crippen LogP contribution >= 0.6 is 0 Å². The van der Waals surface area contributed by atoms with Crippen LogP contribution in [-0.4, -0.2) is 37.2 Å². The van der Waals surface area contributed by atoms with E-state index in [4.69, 9.17) is 14.2 Å². The number of ether oxygens (including phenoxy) is 3. The van der Waals surface area contributed by atoms with E-state index < -0.39 is 6.10 Å². The van der Waals surface area contributed by atoms with Crippen molar-refractivity contribution >= 4 is 17.9 Å². The number of carbonyl (C=O) groups excluding carboxylic acids is 3. The minimum atomic E-state index is -0.814. The van der Waals surface area contributed by atoms with E-state index in [1.165, 1.54) is 12.8 Å². The van der Waals surface area contributed by atoms with Crippen molar-refractivity contribution in [3.8, 4) is 0 Å². The van der Waals surface area contributed by atoms with E-state index in [2.05, 4.69) is 106 Å². The van der Waals surface area contributed by atoms with Crippen molar-refractivity contribution in [3.05, 3.63) is 122 Å². The Morgan fingerprint density at radius 2 is 0.672 bits per heavy atom. The Bertz CT molecular complexity index is 1340. The van der Waals surface area contributed by atoms with Gasteiger partial charge in [-0.05, 0) is 103 Å². The first kappa shape index (κ1) is 56.8. The SMILES string of the molecule is CC/C=C/C=C/C=C/C=C/CCCCCC(=O)OCC(COC(=O)CCCCCCCC/C=C/C/C=C/C/C=C/CC)OC(=O)CCCCCC/C=C/C/C=C/C/C=C/CC. The molecule has 61 heavy (non-hydrogen) atoms. The molecule has 1 atom stereocenters. The van der Waals surface area contributed by atoms with Gasteiger partial charge in [-0.1, -0.05) is 187 Å². The van der Waals surface area contributed by atoms with Crippen LogP contribution in [0.2, 0.25) is 0 Å². The maximum atomic E-state index is 12.8. The molecule has 0 saturated heterocycles. The lowest BCUT2D eigenvalue weighted by molar-refractivity contribution is -0.167. The predicted molar refractivity (Wildman–Crippen MR) is 260 cm³/mol. The van der Waals surface area contributed by atoms with E-state index in [-0.39, 0.29) is 37.5 Å². The van der Waals surface area contributed by atoms with E-state index in [1.807, 2.05) is 36.5 Å². The number of carbonyl (C=O) groups is 3. The fourth-order valence-corrected chi connectivity index (χ4v) is 6.01. The molecule has 0 aromatic rings. The molecule has 0 aromatic heterocycles. The molecule has 0 radical (unpaired) electrons. The molecule has 0 aliphatic heterocycles. The van der Waals surface area contributed by atoms with Gasteiger partial charge in [-0.25, -0.2) is 0 Å². The largest absolute Gasteiger partial charge is 0.462 e. The minimum absolute atomic E-state index is 0.111. The van der Waals surface area contributed by atoms with Gasteiger partial charge in [0.1, 0.15) is 13.2 Å². The standard InChI is InChI=1S/C55H86O6/c1-4-7-10-13-16-19-22-25-27-28-31-33-36-39-42-45-48-54(57)60-51-52(50-59-53(56)47-44-41-38-35-32-29-24-21-18-15-12-9-6-3)61-55(58)49-46-43-40-37-34-30-26-23-20-17-14-11-8-5-2/h7-12,15-21,24-27,29-30,32,52H,4-6,13-14,22-23,28,31,33-51H2,1-3H3/b10-7+,11-8+,12-9+,18-15+,19-16+,20-17+,24-21+,27-25+,30-26+,32-29+. The summed E-state index contributed by atoms with van der Waals surface area (Å²) < 4.78 is 16.7. The van der Waals surface area contributed by atoms with Gasteiger partial charge in [0.2, 0.25) is 0 Å². The molecule has 0 aliphatic rings. The van der Waals surface area contributed by atoms with Crippen LogP contribution in [0, 0.1) is 0 Å². The highest BCUT2D eigenvalue weighted by Gasteiger charge is 2.19. The molecule has 6 nitrogen and oxygen atoms in total. The monoisotopic (exact) mass is 843 g/mol. The summed E-state index contributed by atoms with van der Waals surface area (Å²) >= 11 is 0. The maximum Gasteiger partial charge on any atom is 0.306 e. The highest BCUT2D eigenvalue weighted by atomic mass is 16.6. The Morgan fingerprint density at radius 1 is 0.344 bits per heavy atom. The van der Waals surface area contributed by atoms with Crippen LogP contribution in [0.4, 0.5) is 0 Å². The third kappa shape index (κ3) is 46.7. The van der Waals surface area contributed by atoms with Gasteiger partial charge in [-0.15, -0.1) is 0 Å². The maximum absolute atomic E-state index is 12.8. The number of unbranched alkanes of at least 4 members (excludes halogenated alkanes) is 13. The quantitative estimate of drug-likeness (QED) is 0.0201. The van der Waals surface area contributed by atoms with Crippen LogP contribution in [0.1, 0.15) is 188 Å². The van der Waals surface area contributed by atoms with Gasteiger partial charge >= 0.3 is 17.9 Å². The van der Waals surface area contributed by atoms with Crippen molar-refractivity contribution in [1.29, 1.82) is 0 Å². The topological polar surface area (TPSA) is 78.9 Å². The Kier molecular flexibility index (Phi) is 45.1. The summed E-state index contributed by atoms with van der Waals surface area (Å²) in [6.45, 7) is 6.18. The molecule has 1 unspecified atom stereocenters. The summed E-state index contributed by atoms with van der Waals surface area (Å²) in [5.41, 5.74) is 0. The van der Waals surface area contributed by atoms with Crippen LogP contribution in [0.3, 0.4) is 0 Å². The predicted octanol–water partition coefficient (Wildman–Crippen LogP) is 15.7. The molecule has 0 rings (SSSR count). The lowest BCUT2D eigenvalue weighted by Gasteiger charge is -2.18. The summed E-state index contributed by atoms with van der Waals surface area (Å²) in [6.07, 6.45) is 66.1. The third-order valence-electron chi connectivity index (χ3n) is 9.54. The van der Waals surface area contributed by atoms with Gasteiger partial charge in [0.05, 0.1) is 0 Å². The van der Waals surface area contributed by atoms with Gasteiger partial charge in [0.25, 0.3) is 0 Å². The molecule has 0 heterocycles. The molecule has 6 heteroatoms. The molecule has 0 amide bonds. The third-order valence-corrected chi connectivity index (χ3v) is 9.54. The highest BCUT2D eigenvalue weighted by Crippen LogP contribution is 2.12. The van der Waals surface area contributed by atoms with E-state index in [0.29, 0.717) is 12.8 Å². The van der Waals surface area contributed by atoms with Crippen molar-refractivity contribution in [2.45, 2.75) is 194 Å². The van der Waals surface area contributed by atoms with E-state index >= 15 is 0 Å². The second-order valence-electron chi connectivity index (χ2n) is 15.3. The van der Waals surface area contributed by atoms with Gasteiger partial charge in [0, 0.05) is 19.3 Å². The fourth-order valence-electron chi connectivity index (χ4n) is 6.01. The van der Waals surface area contributed by atoms with E-state index in [1.54, 1.807) is 0 Å². The average Bonchev–Trinajstić information content (AvgIpc) is 3.26. The number of esters is 3. The smallest absolute Gasteiger partial charge is 0.306 e. The Morgan fingerprint density at radius 3 is 1.13 bits per heavy atom. The molecular weight excluding hydrogens is 757 g/mol. The number of allylic oxidation sites excluding steroid dienone is 20. The van der Waals surface area contributed by atoms with Crippen LogP contribution in [0.5, 0.6) is 0 Å². The zero-order chi connectivity index (χ0) is 44.4. The molecule has 0 saturated carbocycles. The first-order valence-corrected chi connectivity index (χ1v) is 24.1. The van der Waals surface area contributed by atoms with Gasteiger partial charge in [-0.3, -0.25) is 14.4 Å². The second kappa shape index (κ2) is 48.5. The number of hydrogen-bond acceptors (Lipinski definition) is 6. The first-order valence-electron chi connectivity index (χ1n) is 24.1. The van der Waals surface area contributed by atoms with Crippen LogP contribution in [0.25, 0.3) is 0 Å². The highest BCUT2D eigenvalue weighted by molar-refractivity contribution is 5.71. The molecule has 0 aromatic carbocycles. The fraction of sp³-hybridized carbons (Fsp3) is 0.582. The van der Waals surface area contributed by atoms with E-state index in [9.17, 15) is 14.4 Å². The lowest BCUT2D eigenvalue weighted by Crippen LogP contribution is -2.30. The molecule has 0 bridgehead atoms. The van der Waals surface area contributed by atoms with Gasteiger partial charge in [-0.2, -0.15) is 0 Å². The second-order valence-corrected chi connectivity index (χ2v) is 15.3. The van der Waals surface area contributed by atoms with Gasteiger partial charge in [0.15, 0.2) is 6.10 Å². The zero-order valence-electron chi connectivity index (χ0n) is 38.9. The Hall–Kier alpha value is -4.19. The van der Waals surface area contributed by atoms with Crippen molar-refractivity contribution in [2.75, 3.05) is 13.2 Å². The molecular formula is C55H86O6. The summed E-state index contributed by atoms with van der Waals surface area (Å²) in [5.74, 6) is -0.997. The Labute approximate surface area is 373 Å². The van der Waals surface area contributed by atoms with Gasteiger partial charge < -0.3 is 14.2 Å². The van der Waals surface area contributed by atoms with Crippen molar-refractivity contribution in [2.24, 2.45) is 0 Å². The molecule has 0 aliphatic carbocycles. The zero-order valence-corrected chi connectivity index (χ0v) is 38.9. The normalized spacial score (nSPS) is 13.2.